The Kier molecular flexibility index (Phi) is 3.43. The quantitative estimate of drug-likeness (QED) is 0.852. The van der Waals surface area contributed by atoms with Crippen LogP contribution in [0.2, 0.25) is 0 Å². The van der Waals surface area contributed by atoms with Crippen LogP contribution < -0.4 is 5.56 Å². The normalized spacial score (nSPS) is 10.8. The third kappa shape index (κ3) is 2.47. The molecule has 0 amide bonds. The Labute approximate surface area is 108 Å². The highest BCUT2D eigenvalue weighted by Gasteiger charge is 2.10. The van der Waals surface area contributed by atoms with Crippen LogP contribution in [0, 0.1) is 0 Å². The molecule has 0 saturated heterocycles. The Balaban J connectivity index is 2.63. The molecule has 2 rings (SSSR count). The zero-order valence-corrected chi connectivity index (χ0v) is 11.3. The molecular weight excluding hydrogens is 280 g/mol. The van der Waals surface area contributed by atoms with Gasteiger partial charge in [-0.05, 0) is 29.8 Å². The molecule has 0 aliphatic rings. The second-order valence-corrected chi connectivity index (χ2v) is 4.94. The summed E-state index contributed by atoms with van der Waals surface area (Å²) in [7, 11) is 0. The highest BCUT2D eigenvalue weighted by Crippen LogP contribution is 2.24. The summed E-state index contributed by atoms with van der Waals surface area (Å²) in [5, 5.41) is 4.40. The van der Waals surface area contributed by atoms with Crippen molar-refractivity contribution in [2.75, 3.05) is 0 Å². The first-order chi connectivity index (χ1) is 8.09. The van der Waals surface area contributed by atoms with Crippen LogP contribution in [0.3, 0.4) is 0 Å². The van der Waals surface area contributed by atoms with E-state index in [2.05, 4.69) is 21.0 Å². The van der Waals surface area contributed by atoms with Crippen LogP contribution in [-0.2, 0) is 0 Å². The van der Waals surface area contributed by atoms with Crippen molar-refractivity contribution >= 4 is 15.9 Å². The predicted octanol–water partition coefficient (Wildman–Crippen LogP) is 3.25. The van der Waals surface area contributed by atoms with Gasteiger partial charge in [0.15, 0.2) is 0 Å². The first-order valence-corrected chi connectivity index (χ1v) is 6.23. The minimum atomic E-state index is -0.0912. The topological polar surface area (TPSA) is 34.9 Å². The molecule has 0 fully saturated rings. The Morgan fingerprint density at radius 1 is 1.24 bits per heavy atom. The van der Waals surface area contributed by atoms with Gasteiger partial charge >= 0.3 is 0 Å². The Morgan fingerprint density at radius 2 is 1.88 bits per heavy atom. The van der Waals surface area contributed by atoms with Gasteiger partial charge in [0.05, 0.1) is 10.5 Å². The van der Waals surface area contributed by atoms with E-state index in [9.17, 15) is 4.79 Å². The molecule has 0 aliphatic carbocycles. The summed E-state index contributed by atoms with van der Waals surface area (Å²) in [6.07, 6.45) is 0. The number of aromatic nitrogens is 2. The van der Waals surface area contributed by atoms with Crippen LogP contribution in [0.5, 0.6) is 0 Å². The van der Waals surface area contributed by atoms with Gasteiger partial charge in [-0.1, -0.05) is 30.3 Å². The van der Waals surface area contributed by atoms with Crippen molar-refractivity contribution in [1.82, 2.24) is 9.78 Å². The summed E-state index contributed by atoms with van der Waals surface area (Å²) in [4.78, 5) is 11.7. The maximum absolute atomic E-state index is 11.7. The molecule has 1 aromatic carbocycles. The number of nitrogens with zero attached hydrogens (tertiary/aromatic N) is 2. The molecule has 1 heterocycles. The molecule has 0 unspecified atom stereocenters. The second-order valence-electron chi connectivity index (χ2n) is 4.08. The van der Waals surface area contributed by atoms with Crippen LogP contribution in [0.4, 0.5) is 0 Å². The van der Waals surface area contributed by atoms with Gasteiger partial charge in [-0.2, -0.15) is 5.10 Å². The van der Waals surface area contributed by atoms with E-state index >= 15 is 0 Å². The maximum atomic E-state index is 11.7. The van der Waals surface area contributed by atoms with Crippen molar-refractivity contribution in [2.24, 2.45) is 0 Å². The zero-order valence-electron chi connectivity index (χ0n) is 9.72. The van der Waals surface area contributed by atoms with E-state index in [1.54, 1.807) is 6.07 Å². The molecule has 0 aliphatic heterocycles. The standard InChI is InChI=1S/C13H13BrN2O/c1-9(2)16-12(17)8-11(14)13(15-16)10-6-4-3-5-7-10/h3-9H,1-2H3. The molecule has 0 spiro atoms. The van der Waals surface area contributed by atoms with Gasteiger partial charge in [0, 0.05) is 11.6 Å². The Bertz CT molecular complexity index is 576. The van der Waals surface area contributed by atoms with E-state index in [-0.39, 0.29) is 11.6 Å². The third-order valence-electron chi connectivity index (χ3n) is 2.45. The molecule has 2 aromatic rings. The average Bonchev–Trinajstić information content (AvgIpc) is 2.29. The number of hydrogen-bond acceptors (Lipinski definition) is 2. The molecule has 88 valence electrons. The molecule has 0 bridgehead atoms. The van der Waals surface area contributed by atoms with Gasteiger partial charge in [-0.25, -0.2) is 4.68 Å². The number of rotatable bonds is 2. The van der Waals surface area contributed by atoms with Gasteiger partial charge in [0.2, 0.25) is 0 Å². The summed E-state index contributed by atoms with van der Waals surface area (Å²) in [6.45, 7) is 3.88. The van der Waals surface area contributed by atoms with Crippen LogP contribution >= 0.6 is 15.9 Å². The minimum absolute atomic E-state index is 0.0538. The first kappa shape index (κ1) is 12.0. The lowest BCUT2D eigenvalue weighted by Crippen LogP contribution is -2.24. The fraction of sp³-hybridized carbons (Fsp3) is 0.231. The highest BCUT2D eigenvalue weighted by atomic mass is 79.9. The highest BCUT2D eigenvalue weighted by molar-refractivity contribution is 9.10. The van der Waals surface area contributed by atoms with Gasteiger partial charge in [-0.3, -0.25) is 4.79 Å². The van der Waals surface area contributed by atoms with E-state index in [0.29, 0.717) is 0 Å². The fourth-order valence-electron chi connectivity index (χ4n) is 1.61. The largest absolute Gasteiger partial charge is 0.268 e. The smallest absolute Gasteiger partial charge is 0.268 e. The summed E-state index contributed by atoms with van der Waals surface area (Å²) < 4.78 is 2.22. The molecule has 0 radical (unpaired) electrons. The van der Waals surface area contributed by atoms with Crippen LogP contribution in [0.15, 0.2) is 45.7 Å². The predicted molar refractivity (Wildman–Crippen MR) is 72.0 cm³/mol. The van der Waals surface area contributed by atoms with E-state index < -0.39 is 0 Å². The average molecular weight is 293 g/mol. The van der Waals surface area contributed by atoms with E-state index in [1.807, 2.05) is 44.2 Å². The molecule has 0 atom stereocenters. The Morgan fingerprint density at radius 3 is 2.47 bits per heavy atom. The summed E-state index contributed by atoms with van der Waals surface area (Å²) in [5.41, 5.74) is 1.69. The lowest BCUT2D eigenvalue weighted by molar-refractivity contribution is 0.504. The molecule has 0 N–H and O–H groups in total. The van der Waals surface area contributed by atoms with Crippen molar-refractivity contribution < 1.29 is 0 Å². The summed E-state index contributed by atoms with van der Waals surface area (Å²) >= 11 is 3.39. The van der Waals surface area contributed by atoms with Gasteiger partial charge in [0.1, 0.15) is 5.69 Å². The van der Waals surface area contributed by atoms with E-state index in [4.69, 9.17) is 0 Å². The van der Waals surface area contributed by atoms with Gasteiger partial charge < -0.3 is 0 Å². The molecule has 4 heteroatoms. The van der Waals surface area contributed by atoms with Gasteiger partial charge in [0.25, 0.3) is 5.56 Å². The van der Waals surface area contributed by atoms with Crippen molar-refractivity contribution in [3.63, 3.8) is 0 Å². The van der Waals surface area contributed by atoms with E-state index in [1.165, 1.54) is 4.68 Å². The summed E-state index contributed by atoms with van der Waals surface area (Å²) in [6, 6.07) is 11.4. The lowest BCUT2D eigenvalue weighted by Gasteiger charge is -2.11. The third-order valence-corrected chi connectivity index (χ3v) is 3.05. The molecule has 0 saturated carbocycles. The van der Waals surface area contributed by atoms with Crippen molar-refractivity contribution in [3.05, 3.63) is 51.2 Å². The molecule has 17 heavy (non-hydrogen) atoms. The second kappa shape index (κ2) is 4.84. The zero-order chi connectivity index (χ0) is 12.4. The van der Waals surface area contributed by atoms with Crippen molar-refractivity contribution in [2.45, 2.75) is 19.9 Å². The van der Waals surface area contributed by atoms with Crippen molar-refractivity contribution in [1.29, 1.82) is 0 Å². The van der Waals surface area contributed by atoms with Crippen LogP contribution in [0.1, 0.15) is 19.9 Å². The van der Waals surface area contributed by atoms with Gasteiger partial charge in [-0.15, -0.1) is 0 Å². The van der Waals surface area contributed by atoms with E-state index in [0.717, 1.165) is 15.7 Å². The van der Waals surface area contributed by atoms with Crippen LogP contribution in [-0.4, -0.2) is 9.78 Å². The minimum Gasteiger partial charge on any atom is -0.268 e. The first-order valence-electron chi connectivity index (χ1n) is 5.44. The number of halogens is 1. The Hall–Kier alpha value is -1.42. The SMILES string of the molecule is CC(C)n1nc(-c2ccccc2)c(Br)cc1=O. The monoisotopic (exact) mass is 292 g/mol. The van der Waals surface area contributed by atoms with Crippen molar-refractivity contribution in [3.8, 4) is 11.3 Å². The van der Waals surface area contributed by atoms with Crippen LogP contribution in [0.25, 0.3) is 11.3 Å². The summed E-state index contributed by atoms with van der Waals surface area (Å²) in [5.74, 6) is 0. The fourth-order valence-corrected chi connectivity index (χ4v) is 2.11. The molecular formula is C13H13BrN2O. The maximum Gasteiger partial charge on any atom is 0.268 e. The number of hydrogen-bond donors (Lipinski definition) is 0. The molecule has 3 nitrogen and oxygen atoms in total. The number of benzene rings is 1. The molecule has 1 aromatic heterocycles. The lowest BCUT2D eigenvalue weighted by atomic mass is 10.1.